The zero-order valence-corrected chi connectivity index (χ0v) is 17.4. The summed E-state index contributed by atoms with van der Waals surface area (Å²) in [7, 11) is 5.03. The van der Waals surface area contributed by atoms with Crippen LogP contribution in [0.15, 0.2) is 36.4 Å². The Kier molecular flexibility index (Phi) is 5.56. The van der Waals surface area contributed by atoms with Crippen molar-refractivity contribution in [2.45, 2.75) is 24.9 Å². The normalized spacial score (nSPS) is 22.1. The molecule has 28 heavy (non-hydrogen) atoms. The highest BCUT2D eigenvalue weighted by Crippen LogP contribution is 2.41. The molecule has 0 radical (unpaired) electrons. The minimum Gasteiger partial charge on any atom is -0.495 e. The molecule has 5 nitrogen and oxygen atoms in total. The highest BCUT2D eigenvalue weighted by atomic mass is 35.5. The molecule has 0 N–H and O–H groups in total. The molecule has 0 bridgehead atoms. The summed E-state index contributed by atoms with van der Waals surface area (Å²) in [5, 5.41) is 0.652. The number of benzene rings is 2. The Morgan fingerprint density at radius 1 is 0.857 bits per heavy atom. The van der Waals surface area contributed by atoms with Crippen molar-refractivity contribution in [1.82, 2.24) is 4.90 Å². The maximum Gasteiger partial charge on any atom is 0.161 e. The van der Waals surface area contributed by atoms with Gasteiger partial charge in [-0.2, -0.15) is 0 Å². The van der Waals surface area contributed by atoms with Gasteiger partial charge >= 0.3 is 0 Å². The van der Waals surface area contributed by atoms with Crippen LogP contribution in [0.3, 0.4) is 0 Å². The number of piperazine rings is 1. The van der Waals surface area contributed by atoms with Crippen molar-refractivity contribution in [1.29, 1.82) is 0 Å². The summed E-state index contributed by atoms with van der Waals surface area (Å²) in [4.78, 5) is 5.09. The summed E-state index contributed by atoms with van der Waals surface area (Å²) >= 11 is 6.19. The van der Waals surface area contributed by atoms with Crippen molar-refractivity contribution < 1.29 is 14.2 Å². The Hall–Kier alpha value is -2.11. The van der Waals surface area contributed by atoms with Crippen LogP contribution in [0.25, 0.3) is 0 Å². The number of ether oxygens (including phenoxy) is 3. The topological polar surface area (TPSA) is 34.2 Å². The van der Waals surface area contributed by atoms with Gasteiger partial charge in [0.25, 0.3) is 0 Å². The number of halogens is 1. The lowest BCUT2D eigenvalue weighted by atomic mass is 10.0. The number of anilines is 1. The molecule has 0 spiro atoms. The van der Waals surface area contributed by atoms with E-state index >= 15 is 0 Å². The fourth-order valence-corrected chi connectivity index (χ4v) is 4.75. The predicted octanol–water partition coefficient (Wildman–Crippen LogP) is 4.39. The van der Waals surface area contributed by atoms with Gasteiger partial charge in [0.15, 0.2) is 11.5 Å². The average Bonchev–Trinajstić information content (AvgIpc) is 3.16. The van der Waals surface area contributed by atoms with Gasteiger partial charge < -0.3 is 19.1 Å². The summed E-state index contributed by atoms with van der Waals surface area (Å²) in [5.41, 5.74) is 2.48. The summed E-state index contributed by atoms with van der Waals surface area (Å²) in [6.07, 6.45) is 2.36. The molecule has 0 aromatic heterocycles. The zero-order chi connectivity index (χ0) is 19.7. The van der Waals surface area contributed by atoms with Gasteiger partial charge in [-0.3, -0.25) is 4.90 Å². The Morgan fingerprint density at radius 3 is 2.39 bits per heavy atom. The molecule has 2 saturated heterocycles. The molecule has 4 rings (SSSR count). The third-order valence-corrected chi connectivity index (χ3v) is 6.31. The molecule has 6 heteroatoms. The second kappa shape index (κ2) is 8.10. The maximum atomic E-state index is 6.19. The number of hydrogen-bond donors (Lipinski definition) is 0. The minimum absolute atomic E-state index is 0.437. The van der Waals surface area contributed by atoms with Crippen LogP contribution in [0.5, 0.6) is 17.2 Å². The molecular weight excluding hydrogens is 376 g/mol. The van der Waals surface area contributed by atoms with Gasteiger partial charge in [-0.15, -0.1) is 0 Å². The molecule has 0 saturated carbocycles. The van der Waals surface area contributed by atoms with E-state index < -0.39 is 0 Å². The number of rotatable bonds is 5. The molecule has 0 aliphatic carbocycles. The first-order valence-electron chi connectivity index (χ1n) is 9.70. The lowest BCUT2D eigenvalue weighted by Gasteiger charge is -2.41. The number of nitrogens with zero attached hydrogens (tertiary/aromatic N) is 2. The van der Waals surface area contributed by atoms with Crippen molar-refractivity contribution in [3.63, 3.8) is 0 Å². The summed E-state index contributed by atoms with van der Waals surface area (Å²) in [6, 6.07) is 13.3. The third kappa shape index (κ3) is 3.49. The van der Waals surface area contributed by atoms with Gasteiger partial charge in [0, 0.05) is 43.5 Å². The van der Waals surface area contributed by atoms with Crippen molar-refractivity contribution in [2.75, 3.05) is 45.9 Å². The monoisotopic (exact) mass is 402 g/mol. The van der Waals surface area contributed by atoms with E-state index in [0.29, 0.717) is 17.1 Å². The smallest absolute Gasteiger partial charge is 0.161 e. The molecule has 2 aromatic rings. The van der Waals surface area contributed by atoms with Gasteiger partial charge in [0.2, 0.25) is 0 Å². The van der Waals surface area contributed by atoms with Crippen LogP contribution in [-0.2, 0) is 0 Å². The Labute approximate surface area is 171 Å². The van der Waals surface area contributed by atoms with Crippen molar-refractivity contribution in [2.24, 2.45) is 0 Å². The van der Waals surface area contributed by atoms with Gasteiger partial charge in [0.1, 0.15) is 5.75 Å². The molecule has 150 valence electrons. The van der Waals surface area contributed by atoms with Gasteiger partial charge in [-0.1, -0.05) is 17.7 Å². The van der Waals surface area contributed by atoms with E-state index in [9.17, 15) is 0 Å². The van der Waals surface area contributed by atoms with Crippen LogP contribution in [0.1, 0.15) is 24.4 Å². The molecule has 2 aromatic carbocycles. The first kappa shape index (κ1) is 19.2. The summed E-state index contributed by atoms with van der Waals surface area (Å²) < 4.78 is 16.3. The minimum atomic E-state index is 0.437. The zero-order valence-electron chi connectivity index (χ0n) is 16.7. The largest absolute Gasteiger partial charge is 0.495 e. The second-order valence-electron chi connectivity index (χ2n) is 7.36. The fraction of sp³-hybridized carbons (Fsp3) is 0.455. The highest BCUT2D eigenvalue weighted by Gasteiger charge is 2.38. The molecule has 2 heterocycles. The Balaban J connectivity index is 1.50. The molecular formula is C22H27ClN2O3. The molecule has 0 unspecified atom stereocenters. The molecule has 2 atom stereocenters. The van der Waals surface area contributed by atoms with Crippen molar-refractivity contribution in [3.05, 3.63) is 47.0 Å². The molecule has 2 aliphatic rings. The average molecular weight is 403 g/mol. The van der Waals surface area contributed by atoms with Crippen molar-refractivity contribution in [3.8, 4) is 17.2 Å². The summed E-state index contributed by atoms with van der Waals surface area (Å²) in [6.45, 7) is 3.05. The van der Waals surface area contributed by atoms with E-state index in [4.69, 9.17) is 25.8 Å². The van der Waals surface area contributed by atoms with Crippen LogP contribution in [0, 0.1) is 0 Å². The lowest BCUT2D eigenvalue weighted by Crippen LogP contribution is -2.50. The Morgan fingerprint density at radius 2 is 1.64 bits per heavy atom. The van der Waals surface area contributed by atoms with Crippen LogP contribution in [0.4, 0.5) is 5.69 Å². The highest BCUT2D eigenvalue weighted by molar-refractivity contribution is 6.32. The SMILES string of the molecule is COc1cc(N2CCN3[C@@H](CC[C@@H]3c3ccc(OC)c(OC)c3)C2)ccc1Cl. The van der Waals surface area contributed by atoms with E-state index in [1.54, 1.807) is 21.3 Å². The van der Waals surface area contributed by atoms with E-state index in [2.05, 4.69) is 28.0 Å². The van der Waals surface area contributed by atoms with E-state index in [1.165, 1.54) is 17.7 Å². The first-order valence-corrected chi connectivity index (χ1v) is 10.1. The molecule has 0 amide bonds. The predicted molar refractivity (Wildman–Crippen MR) is 112 cm³/mol. The second-order valence-corrected chi connectivity index (χ2v) is 7.77. The lowest BCUT2D eigenvalue weighted by molar-refractivity contribution is 0.176. The maximum absolute atomic E-state index is 6.19. The number of fused-ring (bicyclic) bond motifs is 1. The quantitative estimate of drug-likeness (QED) is 0.740. The van der Waals surface area contributed by atoms with E-state index in [-0.39, 0.29) is 0 Å². The molecule has 2 aliphatic heterocycles. The van der Waals surface area contributed by atoms with Crippen LogP contribution in [-0.4, -0.2) is 51.9 Å². The summed E-state index contributed by atoms with van der Waals surface area (Å²) in [5.74, 6) is 2.31. The Bertz CT molecular complexity index is 845. The van der Waals surface area contributed by atoms with Crippen LogP contribution >= 0.6 is 11.6 Å². The van der Waals surface area contributed by atoms with Gasteiger partial charge in [-0.05, 0) is 42.7 Å². The number of methoxy groups -OCH3 is 3. The standard InChI is InChI=1S/C22H27ClN2O3/c1-26-20-9-4-15(12-22(20)28-3)19-8-6-17-14-24(10-11-25(17)19)16-5-7-18(23)21(13-16)27-2/h4-5,7,9,12-13,17,19H,6,8,10-11,14H2,1-3H3/t17-,19+/m0/s1. The van der Waals surface area contributed by atoms with E-state index in [0.717, 1.165) is 43.3 Å². The van der Waals surface area contributed by atoms with Crippen LogP contribution < -0.4 is 19.1 Å². The van der Waals surface area contributed by atoms with Crippen LogP contribution in [0.2, 0.25) is 5.02 Å². The van der Waals surface area contributed by atoms with Gasteiger partial charge in [-0.25, -0.2) is 0 Å². The third-order valence-electron chi connectivity index (χ3n) is 5.99. The van der Waals surface area contributed by atoms with Gasteiger partial charge in [0.05, 0.1) is 26.4 Å². The molecule has 2 fully saturated rings. The fourth-order valence-electron chi connectivity index (χ4n) is 4.55. The van der Waals surface area contributed by atoms with E-state index in [1.807, 2.05) is 18.2 Å². The van der Waals surface area contributed by atoms with Crippen molar-refractivity contribution >= 4 is 17.3 Å². The number of hydrogen-bond acceptors (Lipinski definition) is 5. The first-order chi connectivity index (χ1) is 13.6.